The zero-order valence-corrected chi connectivity index (χ0v) is 17.6. The average Bonchev–Trinajstić information content (AvgIpc) is 3.12. The molecule has 3 heterocycles. The average molecular weight is 406 g/mol. The van der Waals surface area contributed by atoms with Crippen LogP contribution in [0.5, 0.6) is 0 Å². The Hall–Kier alpha value is -3.26. The molecule has 30 heavy (non-hydrogen) atoms. The van der Waals surface area contributed by atoms with E-state index in [1.165, 1.54) is 0 Å². The molecule has 0 atom stereocenters. The first-order chi connectivity index (χ1) is 14.6. The number of nitrogens with one attached hydrogen (secondary N) is 2. The molecule has 2 aromatic heterocycles. The number of ether oxygens (including phenoxy) is 1. The molecule has 3 aromatic rings. The number of rotatable bonds is 6. The van der Waals surface area contributed by atoms with E-state index in [2.05, 4.69) is 21.7 Å². The molecule has 1 fully saturated rings. The summed E-state index contributed by atoms with van der Waals surface area (Å²) in [5, 5.41) is 11.2. The Morgan fingerprint density at radius 1 is 1.23 bits per heavy atom. The van der Waals surface area contributed by atoms with Crippen LogP contribution in [0.2, 0.25) is 0 Å². The molecule has 0 bridgehead atoms. The summed E-state index contributed by atoms with van der Waals surface area (Å²) in [6.45, 7) is 7.81. The normalized spacial score (nSPS) is 14.6. The van der Waals surface area contributed by atoms with Crippen molar-refractivity contribution in [3.63, 3.8) is 0 Å². The van der Waals surface area contributed by atoms with Gasteiger partial charge < -0.3 is 24.9 Å². The van der Waals surface area contributed by atoms with Crippen molar-refractivity contribution in [2.24, 2.45) is 0 Å². The minimum absolute atomic E-state index is 0.426. The summed E-state index contributed by atoms with van der Waals surface area (Å²) in [4.78, 5) is 16.8. The van der Waals surface area contributed by atoms with E-state index in [-0.39, 0.29) is 0 Å². The van der Waals surface area contributed by atoms with Crippen LogP contribution in [-0.2, 0) is 11.3 Å². The highest BCUT2D eigenvalue weighted by atomic mass is 16.5. The number of imidazole rings is 1. The van der Waals surface area contributed by atoms with Crippen LogP contribution in [-0.4, -0.2) is 58.6 Å². The molecule has 156 valence electrons. The molecule has 0 spiro atoms. The maximum atomic E-state index is 8.29. The van der Waals surface area contributed by atoms with Gasteiger partial charge in [-0.15, -0.1) is 0 Å². The van der Waals surface area contributed by atoms with Crippen LogP contribution in [0.25, 0.3) is 22.6 Å². The van der Waals surface area contributed by atoms with Crippen molar-refractivity contribution in [1.29, 1.82) is 5.41 Å². The number of benzene rings is 1. The quantitative estimate of drug-likeness (QED) is 0.613. The maximum Gasteiger partial charge on any atom is 0.166 e. The van der Waals surface area contributed by atoms with E-state index < -0.39 is 0 Å². The van der Waals surface area contributed by atoms with Crippen molar-refractivity contribution in [2.75, 3.05) is 38.3 Å². The Morgan fingerprint density at radius 2 is 2.03 bits per heavy atom. The third kappa shape index (κ3) is 3.78. The van der Waals surface area contributed by atoms with E-state index in [4.69, 9.17) is 25.1 Å². The summed E-state index contributed by atoms with van der Waals surface area (Å²) in [6.07, 6.45) is 3.48. The number of aryl methyl sites for hydroxylation is 2. The third-order valence-corrected chi connectivity index (χ3v) is 5.24. The summed E-state index contributed by atoms with van der Waals surface area (Å²) in [6, 6.07) is 7.82. The zero-order chi connectivity index (χ0) is 21.1. The molecule has 8 nitrogen and oxygen atoms in total. The van der Waals surface area contributed by atoms with Gasteiger partial charge in [-0.05, 0) is 32.2 Å². The number of anilines is 1. The van der Waals surface area contributed by atoms with Gasteiger partial charge in [0.05, 0.1) is 18.9 Å². The lowest BCUT2D eigenvalue weighted by Crippen LogP contribution is -2.37. The van der Waals surface area contributed by atoms with Gasteiger partial charge in [0.1, 0.15) is 5.82 Å². The second-order valence-corrected chi connectivity index (χ2v) is 7.16. The van der Waals surface area contributed by atoms with Gasteiger partial charge in [0.25, 0.3) is 0 Å². The summed E-state index contributed by atoms with van der Waals surface area (Å²) in [7, 11) is 1.81. The van der Waals surface area contributed by atoms with Crippen LogP contribution in [0.1, 0.15) is 18.3 Å². The monoisotopic (exact) mass is 405 g/mol. The number of hydrogen-bond acceptors (Lipinski definition) is 7. The molecule has 1 aliphatic heterocycles. The first-order valence-electron chi connectivity index (χ1n) is 10.2. The Bertz CT molecular complexity index is 1100. The smallest absolute Gasteiger partial charge is 0.166 e. The molecule has 2 N–H and O–H groups in total. The molecule has 1 aromatic carbocycles. The highest BCUT2D eigenvalue weighted by Crippen LogP contribution is 2.29. The van der Waals surface area contributed by atoms with E-state index in [0.29, 0.717) is 24.7 Å². The number of hydrogen-bond donors (Lipinski definition) is 2. The van der Waals surface area contributed by atoms with Crippen LogP contribution in [0.4, 0.5) is 5.82 Å². The first-order valence-corrected chi connectivity index (χ1v) is 10.2. The number of fused-ring (bicyclic) bond motifs is 1. The predicted molar refractivity (Wildman–Crippen MR) is 119 cm³/mol. The predicted octanol–water partition coefficient (Wildman–Crippen LogP) is 2.76. The lowest BCUT2D eigenvalue weighted by Gasteiger charge is -2.28. The minimum atomic E-state index is 0.426. The number of nitrogens with zero attached hydrogens (tertiary/aromatic N) is 5. The molecular weight excluding hydrogens is 378 g/mol. The van der Waals surface area contributed by atoms with Gasteiger partial charge in [0.2, 0.25) is 0 Å². The van der Waals surface area contributed by atoms with Crippen LogP contribution >= 0.6 is 0 Å². The van der Waals surface area contributed by atoms with Crippen molar-refractivity contribution in [2.45, 2.75) is 20.4 Å². The van der Waals surface area contributed by atoms with Crippen molar-refractivity contribution >= 4 is 22.7 Å². The summed E-state index contributed by atoms with van der Waals surface area (Å²) in [5.74, 6) is 2.43. The second kappa shape index (κ2) is 8.62. The molecule has 0 saturated carbocycles. The SMILES string of the molecule is CCn1c(C)nc2c(N3CCOCC3)nc(-c3cccc(C(=N)/C=C\NC)c3)nc21. The largest absolute Gasteiger partial charge is 0.394 e. The molecule has 1 aliphatic rings. The molecule has 0 aliphatic carbocycles. The third-order valence-electron chi connectivity index (χ3n) is 5.24. The Balaban J connectivity index is 1.85. The van der Waals surface area contributed by atoms with Crippen molar-refractivity contribution in [3.8, 4) is 11.4 Å². The fourth-order valence-corrected chi connectivity index (χ4v) is 3.69. The van der Waals surface area contributed by atoms with Gasteiger partial charge in [-0.25, -0.2) is 15.0 Å². The molecule has 8 heteroatoms. The lowest BCUT2D eigenvalue weighted by atomic mass is 10.1. The molecule has 0 amide bonds. The van der Waals surface area contributed by atoms with Crippen molar-refractivity contribution < 1.29 is 4.74 Å². The molecule has 1 saturated heterocycles. The van der Waals surface area contributed by atoms with E-state index in [0.717, 1.165) is 53.6 Å². The van der Waals surface area contributed by atoms with E-state index >= 15 is 0 Å². The van der Waals surface area contributed by atoms with Gasteiger partial charge in [-0.2, -0.15) is 0 Å². The molecular formula is C22H27N7O. The molecule has 4 rings (SSSR count). The van der Waals surface area contributed by atoms with Gasteiger partial charge in [0.15, 0.2) is 22.8 Å². The fourth-order valence-electron chi connectivity index (χ4n) is 3.69. The summed E-state index contributed by atoms with van der Waals surface area (Å²) in [5.41, 5.74) is 3.80. The highest BCUT2D eigenvalue weighted by molar-refractivity contribution is 6.07. The van der Waals surface area contributed by atoms with Crippen LogP contribution in [0.15, 0.2) is 36.5 Å². The molecule has 0 radical (unpaired) electrons. The highest BCUT2D eigenvalue weighted by Gasteiger charge is 2.22. The van der Waals surface area contributed by atoms with Gasteiger partial charge in [-0.1, -0.05) is 18.2 Å². The van der Waals surface area contributed by atoms with Crippen molar-refractivity contribution in [1.82, 2.24) is 24.8 Å². The standard InChI is InChI=1S/C22H27N7O/c1-4-29-15(2)25-19-21(28-10-12-30-13-11-28)26-20(27-22(19)29)17-7-5-6-16(14-17)18(23)8-9-24-3/h5-9,14,23-24H,4,10-13H2,1-3H3/b9-8-,23-18?. The topological polar surface area (TPSA) is 92.0 Å². The summed E-state index contributed by atoms with van der Waals surface area (Å²) < 4.78 is 7.64. The van der Waals surface area contributed by atoms with Crippen LogP contribution in [0, 0.1) is 12.3 Å². The van der Waals surface area contributed by atoms with Crippen LogP contribution in [0.3, 0.4) is 0 Å². The Morgan fingerprint density at radius 3 is 2.77 bits per heavy atom. The van der Waals surface area contributed by atoms with Gasteiger partial charge >= 0.3 is 0 Å². The lowest BCUT2D eigenvalue weighted by molar-refractivity contribution is 0.122. The van der Waals surface area contributed by atoms with E-state index in [1.54, 1.807) is 12.3 Å². The number of aromatic nitrogens is 4. The van der Waals surface area contributed by atoms with Gasteiger partial charge in [0, 0.05) is 37.8 Å². The first kappa shape index (κ1) is 20.0. The van der Waals surface area contributed by atoms with E-state index in [1.807, 2.05) is 38.2 Å². The number of allylic oxidation sites excluding steroid dienone is 1. The Kier molecular flexibility index (Phi) is 5.76. The zero-order valence-electron chi connectivity index (χ0n) is 17.6. The molecule has 0 unspecified atom stereocenters. The number of morpholine rings is 1. The van der Waals surface area contributed by atoms with Crippen molar-refractivity contribution in [3.05, 3.63) is 47.9 Å². The second-order valence-electron chi connectivity index (χ2n) is 7.16. The summed E-state index contributed by atoms with van der Waals surface area (Å²) >= 11 is 0. The minimum Gasteiger partial charge on any atom is -0.394 e. The maximum absolute atomic E-state index is 8.29. The van der Waals surface area contributed by atoms with Gasteiger partial charge in [-0.3, -0.25) is 0 Å². The van der Waals surface area contributed by atoms with Crippen LogP contribution < -0.4 is 10.2 Å². The van der Waals surface area contributed by atoms with E-state index in [9.17, 15) is 0 Å². The fraction of sp³-hybridized carbons (Fsp3) is 0.364. The Labute approximate surface area is 176 Å².